The summed E-state index contributed by atoms with van der Waals surface area (Å²) in [4.78, 5) is 17.0. The second kappa shape index (κ2) is 7.11. The molecular weight excluding hydrogens is 324 g/mol. The Morgan fingerprint density at radius 3 is 2.90 bits per heavy atom. The van der Waals surface area contributed by atoms with Crippen molar-refractivity contribution >= 4 is 51.7 Å². The van der Waals surface area contributed by atoms with E-state index in [0.717, 1.165) is 10.9 Å². The summed E-state index contributed by atoms with van der Waals surface area (Å²) in [5.41, 5.74) is 5.88. The summed E-state index contributed by atoms with van der Waals surface area (Å²) in [6, 6.07) is 0.502. The summed E-state index contributed by atoms with van der Waals surface area (Å²) in [5.74, 6) is 3.74. The molecule has 21 heavy (non-hydrogen) atoms. The molecule has 1 saturated carbocycles. The van der Waals surface area contributed by atoms with E-state index in [-0.39, 0.29) is 5.91 Å². The van der Waals surface area contributed by atoms with E-state index in [1.165, 1.54) is 42.1 Å². The predicted octanol–water partition coefficient (Wildman–Crippen LogP) is 2.27. The van der Waals surface area contributed by atoms with E-state index in [1.807, 2.05) is 23.5 Å². The van der Waals surface area contributed by atoms with Gasteiger partial charge in [0, 0.05) is 35.1 Å². The van der Waals surface area contributed by atoms with Crippen molar-refractivity contribution in [1.29, 1.82) is 0 Å². The topological polar surface area (TPSA) is 80.0 Å². The number of amides is 1. The van der Waals surface area contributed by atoms with E-state index in [9.17, 15) is 4.79 Å². The molecule has 1 aromatic heterocycles. The number of aromatic nitrogens is 1. The Morgan fingerprint density at radius 2 is 2.24 bits per heavy atom. The number of nitrogens with one attached hydrogen (secondary N) is 2. The fourth-order valence-corrected chi connectivity index (χ4v) is 5.71. The third-order valence-electron chi connectivity index (χ3n) is 3.67. The minimum absolute atomic E-state index is 0.0946. The number of nitrogens with zero attached hydrogens (tertiary/aromatic N) is 1. The molecule has 3 rings (SSSR count). The first kappa shape index (κ1) is 15.3. The van der Waals surface area contributed by atoms with E-state index in [1.54, 1.807) is 0 Å². The number of carbonyl (C=O) groups excluding carboxylic acids is 1. The van der Waals surface area contributed by atoms with Gasteiger partial charge in [-0.1, -0.05) is 11.3 Å². The first-order valence-corrected chi connectivity index (χ1v) is 10.2. The molecule has 1 atom stereocenters. The molecule has 0 radical (unpaired) electrons. The van der Waals surface area contributed by atoms with Gasteiger partial charge >= 0.3 is 0 Å². The smallest absolute Gasteiger partial charge is 0.265 e. The molecule has 5 nitrogen and oxygen atoms in total. The van der Waals surface area contributed by atoms with Crippen LogP contribution in [0.3, 0.4) is 0 Å². The Balaban J connectivity index is 1.53. The normalized spacial score (nSPS) is 22.6. The second-order valence-electron chi connectivity index (χ2n) is 5.28. The van der Waals surface area contributed by atoms with Gasteiger partial charge in [0.05, 0.1) is 0 Å². The van der Waals surface area contributed by atoms with Crippen LogP contribution in [0.15, 0.2) is 0 Å². The molecule has 0 spiro atoms. The third kappa shape index (κ3) is 3.98. The first-order valence-electron chi connectivity index (χ1n) is 7.23. The number of thioether (sulfide) groups is 2. The van der Waals surface area contributed by atoms with Gasteiger partial charge in [0.15, 0.2) is 5.13 Å². The first-order chi connectivity index (χ1) is 10.2. The SMILES string of the molecule is Nc1nc(NC2CCC2)sc1C(=O)NCC1CSCCS1. The Hall–Kier alpha value is -0.600. The number of nitrogen functional groups attached to an aromatic ring is 1. The van der Waals surface area contributed by atoms with E-state index in [2.05, 4.69) is 15.6 Å². The lowest BCUT2D eigenvalue weighted by atomic mass is 9.93. The Morgan fingerprint density at radius 1 is 1.38 bits per heavy atom. The maximum absolute atomic E-state index is 12.2. The highest BCUT2D eigenvalue weighted by molar-refractivity contribution is 8.06. The maximum Gasteiger partial charge on any atom is 0.265 e. The van der Waals surface area contributed by atoms with E-state index in [4.69, 9.17) is 5.73 Å². The number of hydrogen-bond donors (Lipinski definition) is 3. The van der Waals surface area contributed by atoms with Crippen LogP contribution in [0, 0.1) is 0 Å². The molecule has 1 amide bonds. The molecule has 1 saturated heterocycles. The van der Waals surface area contributed by atoms with Crippen LogP contribution in [-0.2, 0) is 0 Å². The van der Waals surface area contributed by atoms with Crippen LogP contribution < -0.4 is 16.4 Å². The molecule has 4 N–H and O–H groups in total. The number of carbonyl (C=O) groups is 1. The molecule has 2 aliphatic rings. The van der Waals surface area contributed by atoms with E-state index < -0.39 is 0 Å². The molecule has 1 unspecified atom stereocenters. The van der Waals surface area contributed by atoms with Crippen molar-refractivity contribution in [2.45, 2.75) is 30.6 Å². The highest BCUT2D eigenvalue weighted by atomic mass is 32.2. The molecule has 0 bridgehead atoms. The maximum atomic E-state index is 12.2. The zero-order chi connectivity index (χ0) is 14.7. The van der Waals surface area contributed by atoms with Crippen molar-refractivity contribution in [3.05, 3.63) is 4.88 Å². The van der Waals surface area contributed by atoms with Gasteiger partial charge in [-0.25, -0.2) is 4.98 Å². The van der Waals surface area contributed by atoms with Gasteiger partial charge in [-0.3, -0.25) is 4.79 Å². The summed E-state index contributed by atoms with van der Waals surface area (Å²) < 4.78 is 0. The van der Waals surface area contributed by atoms with Crippen LogP contribution in [-0.4, -0.2) is 46.0 Å². The number of thiazole rings is 1. The number of nitrogens with two attached hydrogens (primary N) is 1. The Bertz CT molecular complexity index is 498. The Labute approximate surface area is 137 Å². The van der Waals surface area contributed by atoms with Crippen molar-refractivity contribution in [3.63, 3.8) is 0 Å². The molecule has 116 valence electrons. The van der Waals surface area contributed by atoms with Crippen LogP contribution in [0.25, 0.3) is 0 Å². The fourth-order valence-electron chi connectivity index (χ4n) is 2.22. The van der Waals surface area contributed by atoms with Crippen molar-refractivity contribution < 1.29 is 4.79 Å². The van der Waals surface area contributed by atoms with Gasteiger partial charge in [-0.05, 0) is 19.3 Å². The summed E-state index contributed by atoms with van der Waals surface area (Å²) in [7, 11) is 0. The van der Waals surface area contributed by atoms with Crippen molar-refractivity contribution in [2.24, 2.45) is 0 Å². The van der Waals surface area contributed by atoms with Crippen LogP contribution in [0.4, 0.5) is 10.9 Å². The number of anilines is 2. The van der Waals surface area contributed by atoms with Crippen LogP contribution in [0.1, 0.15) is 28.9 Å². The average molecular weight is 345 g/mol. The minimum atomic E-state index is -0.0946. The van der Waals surface area contributed by atoms with Crippen LogP contribution in [0.5, 0.6) is 0 Å². The van der Waals surface area contributed by atoms with Gasteiger partial charge in [0.2, 0.25) is 0 Å². The fraction of sp³-hybridized carbons (Fsp3) is 0.692. The molecular formula is C13H20N4OS3. The minimum Gasteiger partial charge on any atom is -0.382 e. The van der Waals surface area contributed by atoms with Gasteiger partial charge in [-0.2, -0.15) is 23.5 Å². The highest BCUT2D eigenvalue weighted by Gasteiger charge is 2.22. The standard InChI is InChI=1S/C13H20N4OS3/c14-11-10(21-13(17-11)16-8-2-1-3-8)12(18)15-6-9-7-19-4-5-20-9/h8-9H,1-7,14H2,(H,15,18)(H,16,17). The lowest BCUT2D eigenvalue weighted by molar-refractivity contribution is 0.0959. The molecule has 1 aliphatic heterocycles. The zero-order valence-corrected chi connectivity index (χ0v) is 14.2. The monoisotopic (exact) mass is 344 g/mol. The van der Waals surface area contributed by atoms with Crippen molar-refractivity contribution in [2.75, 3.05) is 34.9 Å². The van der Waals surface area contributed by atoms with Crippen molar-refractivity contribution in [1.82, 2.24) is 10.3 Å². The molecule has 1 aliphatic carbocycles. The molecule has 0 aromatic carbocycles. The molecule has 2 heterocycles. The number of hydrogen-bond acceptors (Lipinski definition) is 7. The largest absolute Gasteiger partial charge is 0.382 e. The zero-order valence-electron chi connectivity index (χ0n) is 11.8. The quantitative estimate of drug-likeness (QED) is 0.760. The summed E-state index contributed by atoms with van der Waals surface area (Å²) in [6.07, 6.45) is 3.62. The van der Waals surface area contributed by atoms with Crippen LogP contribution >= 0.6 is 34.9 Å². The third-order valence-corrected chi connectivity index (χ3v) is 7.51. The Kier molecular flexibility index (Phi) is 5.18. The van der Waals surface area contributed by atoms with Crippen molar-refractivity contribution in [3.8, 4) is 0 Å². The summed E-state index contributed by atoms with van der Waals surface area (Å²) in [6.45, 7) is 0.708. The average Bonchev–Trinajstić information content (AvgIpc) is 2.82. The second-order valence-corrected chi connectivity index (χ2v) is 8.84. The molecule has 8 heteroatoms. The highest BCUT2D eigenvalue weighted by Crippen LogP contribution is 2.29. The van der Waals surface area contributed by atoms with Gasteiger partial charge in [0.25, 0.3) is 5.91 Å². The molecule has 2 fully saturated rings. The van der Waals surface area contributed by atoms with E-state index >= 15 is 0 Å². The molecule has 1 aromatic rings. The predicted molar refractivity (Wildman–Crippen MR) is 93.7 cm³/mol. The van der Waals surface area contributed by atoms with Gasteiger partial charge in [0.1, 0.15) is 10.7 Å². The van der Waals surface area contributed by atoms with Crippen LogP contribution in [0.2, 0.25) is 0 Å². The van der Waals surface area contributed by atoms with Gasteiger partial charge < -0.3 is 16.4 Å². The lowest BCUT2D eigenvalue weighted by Gasteiger charge is -2.25. The summed E-state index contributed by atoms with van der Waals surface area (Å²) >= 11 is 5.25. The van der Waals surface area contributed by atoms with E-state index in [0.29, 0.717) is 28.5 Å². The summed E-state index contributed by atoms with van der Waals surface area (Å²) in [5, 5.41) is 7.61. The lowest BCUT2D eigenvalue weighted by Crippen LogP contribution is -2.33. The van der Waals surface area contributed by atoms with Gasteiger partial charge in [-0.15, -0.1) is 0 Å². The number of rotatable bonds is 5.